The summed E-state index contributed by atoms with van der Waals surface area (Å²) in [6, 6.07) is 3.60. The summed E-state index contributed by atoms with van der Waals surface area (Å²) < 4.78 is 0. The zero-order valence-electron chi connectivity index (χ0n) is 7.88. The minimum absolute atomic E-state index is 0.0915. The first-order valence-electron chi connectivity index (χ1n) is 4.20. The first kappa shape index (κ1) is 9.72. The van der Waals surface area contributed by atoms with Crippen LogP contribution < -0.4 is 0 Å². The van der Waals surface area contributed by atoms with Crippen LogP contribution in [-0.4, -0.2) is 14.9 Å². The van der Waals surface area contributed by atoms with E-state index in [1.54, 1.807) is 25.4 Å². The van der Waals surface area contributed by atoms with Crippen LogP contribution in [0.1, 0.15) is 5.69 Å². The standard InChI is InChI=1S/C9H7N3O2S/c1-6-9(12(13)14)15-8(11-6)7-3-2-4-10-5-7/h2-5H,1H3. The number of pyridine rings is 1. The third-order valence-corrected chi connectivity index (χ3v) is 3.00. The van der Waals surface area contributed by atoms with Gasteiger partial charge in [-0.3, -0.25) is 15.1 Å². The molecule has 0 saturated heterocycles. The van der Waals surface area contributed by atoms with Gasteiger partial charge in [0, 0.05) is 18.0 Å². The predicted octanol–water partition coefficient (Wildman–Crippen LogP) is 2.42. The fourth-order valence-electron chi connectivity index (χ4n) is 1.17. The van der Waals surface area contributed by atoms with Gasteiger partial charge in [-0.25, -0.2) is 4.98 Å². The molecule has 0 amide bonds. The van der Waals surface area contributed by atoms with Gasteiger partial charge in [0.05, 0.1) is 4.92 Å². The Kier molecular flexibility index (Phi) is 2.42. The molecule has 2 rings (SSSR count). The minimum atomic E-state index is -0.410. The molecule has 15 heavy (non-hydrogen) atoms. The highest BCUT2D eigenvalue weighted by Gasteiger charge is 2.18. The van der Waals surface area contributed by atoms with Crippen LogP contribution in [0.2, 0.25) is 0 Å². The Balaban J connectivity index is 2.48. The summed E-state index contributed by atoms with van der Waals surface area (Å²) in [6.07, 6.45) is 3.29. The van der Waals surface area contributed by atoms with E-state index >= 15 is 0 Å². The summed E-state index contributed by atoms with van der Waals surface area (Å²) >= 11 is 1.07. The fraction of sp³-hybridized carbons (Fsp3) is 0.111. The molecule has 5 nitrogen and oxygen atoms in total. The summed E-state index contributed by atoms with van der Waals surface area (Å²) in [4.78, 5) is 18.3. The lowest BCUT2D eigenvalue weighted by Gasteiger charge is -1.91. The Hall–Kier alpha value is -1.82. The Morgan fingerprint density at radius 2 is 2.33 bits per heavy atom. The molecule has 0 aliphatic rings. The van der Waals surface area contributed by atoms with Crippen molar-refractivity contribution in [3.05, 3.63) is 40.3 Å². The van der Waals surface area contributed by atoms with Gasteiger partial charge in [0.15, 0.2) is 0 Å². The molecule has 0 spiro atoms. The third kappa shape index (κ3) is 1.84. The van der Waals surface area contributed by atoms with E-state index in [-0.39, 0.29) is 5.00 Å². The molecule has 0 fully saturated rings. The van der Waals surface area contributed by atoms with Crippen molar-refractivity contribution in [1.29, 1.82) is 0 Å². The van der Waals surface area contributed by atoms with Gasteiger partial charge < -0.3 is 0 Å². The van der Waals surface area contributed by atoms with Crippen LogP contribution in [0.3, 0.4) is 0 Å². The Morgan fingerprint density at radius 3 is 2.87 bits per heavy atom. The number of hydrogen-bond acceptors (Lipinski definition) is 5. The largest absolute Gasteiger partial charge is 0.347 e. The first-order valence-corrected chi connectivity index (χ1v) is 5.02. The van der Waals surface area contributed by atoms with Crippen molar-refractivity contribution in [2.45, 2.75) is 6.92 Å². The topological polar surface area (TPSA) is 68.9 Å². The number of rotatable bonds is 2. The van der Waals surface area contributed by atoms with Gasteiger partial charge in [0.1, 0.15) is 10.7 Å². The van der Waals surface area contributed by atoms with Gasteiger partial charge in [-0.2, -0.15) is 0 Å². The molecule has 2 aromatic heterocycles. The monoisotopic (exact) mass is 221 g/mol. The van der Waals surface area contributed by atoms with E-state index in [0.717, 1.165) is 16.9 Å². The Labute approximate surface area is 89.6 Å². The summed E-state index contributed by atoms with van der Waals surface area (Å²) in [5.41, 5.74) is 1.25. The minimum Gasteiger partial charge on any atom is -0.264 e. The Bertz CT molecular complexity index is 495. The smallest absolute Gasteiger partial charge is 0.264 e. The number of nitro groups is 1. The molecule has 0 radical (unpaired) electrons. The highest BCUT2D eigenvalue weighted by atomic mass is 32.1. The number of thiazole rings is 1. The predicted molar refractivity (Wildman–Crippen MR) is 56.7 cm³/mol. The lowest BCUT2D eigenvalue weighted by Crippen LogP contribution is -1.85. The van der Waals surface area contributed by atoms with Crippen LogP contribution in [0.4, 0.5) is 5.00 Å². The normalized spacial score (nSPS) is 10.2. The lowest BCUT2D eigenvalue weighted by atomic mass is 10.3. The summed E-state index contributed by atoms with van der Waals surface area (Å²) in [7, 11) is 0. The van der Waals surface area contributed by atoms with E-state index in [1.807, 2.05) is 6.07 Å². The molecule has 0 atom stereocenters. The number of hydrogen-bond donors (Lipinski definition) is 0. The van der Waals surface area contributed by atoms with Gasteiger partial charge >= 0.3 is 5.00 Å². The van der Waals surface area contributed by atoms with Crippen LogP contribution in [-0.2, 0) is 0 Å². The molecule has 0 aliphatic heterocycles. The molecule has 0 bridgehead atoms. The zero-order valence-corrected chi connectivity index (χ0v) is 8.69. The van der Waals surface area contributed by atoms with E-state index in [4.69, 9.17) is 0 Å². The van der Waals surface area contributed by atoms with Gasteiger partial charge in [0.25, 0.3) is 0 Å². The van der Waals surface area contributed by atoms with Crippen LogP contribution in [0.15, 0.2) is 24.5 Å². The molecule has 0 unspecified atom stereocenters. The molecule has 2 heterocycles. The summed E-state index contributed by atoms with van der Waals surface area (Å²) in [5, 5.41) is 11.4. The molecule has 0 aliphatic carbocycles. The second-order valence-corrected chi connectivity index (χ2v) is 3.89. The molecule has 0 saturated carbocycles. The number of aryl methyl sites for hydroxylation is 1. The van der Waals surface area contributed by atoms with Crippen LogP contribution in [0.5, 0.6) is 0 Å². The maximum atomic E-state index is 10.6. The summed E-state index contributed by atoms with van der Waals surface area (Å²) in [6.45, 7) is 1.63. The molecule has 0 aromatic carbocycles. The third-order valence-electron chi connectivity index (χ3n) is 1.85. The van der Waals surface area contributed by atoms with Crippen molar-refractivity contribution in [2.24, 2.45) is 0 Å². The van der Waals surface area contributed by atoms with Crippen LogP contribution >= 0.6 is 11.3 Å². The molecular weight excluding hydrogens is 214 g/mol. The van der Waals surface area contributed by atoms with E-state index in [1.165, 1.54) is 0 Å². The van der Waals surface area contributed by atoms with E-state index in [0.29, 0.717) is 10.7 Å². The zero-order chi connectivity index (χ0) is 10.8. The Morgan fingerprint density at radius 1 is 1.53 bits per heavy atom. The van der Waals surface area contributed by atoms with Gasteiger partial charge in [-0.05, 0) is 30.4 Å². The quantitative estimate of drug-likeness (QED) is 0.576. The average molecular weight is 221 g/mol. The molecular formula is C9H7N3O2S. The van der Waals surface area contributed by atoms with Crippen molar-refractivity contribution >= 4 is 16.3 Å². The molecule has 6 heteroatoms. The van der Waals surface area contributed by atoms with Crippen molar-refractivity contribution in [3.8, 4) is 10.6 Å². The lowest BCUT2D eigenvalue weighted by molar-refractivity contribution is -0.380. The summed E-state index contributed by atoms with van der Waals surface area (Å²) in [5.74, 6) is 0. The van der Waals surface area contributed by atoms with E-state index in [2.05, 4.69) is 9.97 Å². The second kappa shape index (κ2) is 3.74. The highest BCUT2D eigenvalue weighted by Crippen LogP contribution is 2.32. The number of aromatic nitrogens is 2. The molecule has 0 N–H and O–H groups in total. The van der Waals surface area contributed by atoms with Crippen LogP contribution in [0.25, 0.3) is 10.6 Å². The maximum absolute atomic E-state index is 10.6. The van der Waals surface area contributed by atoms with Gasteiger partial charge in [-0.15, -0.1) is 0 Å². The van der Waals surface area contributed by atoms with Gasteiger partial charge in [-0.1, -0.05) is 0 Å². The second-order valence-electron chi connectivity index (χ2n) is 2.91. The SMILES string of the molecule is Cc1nc(-c2cccnc2)sc1[N+](=O)[O-]. The van der Waals surface area contributed by atoms with Crippen molar-refractivity contribution < 1.29 is 4.92 Å². The average Bonchev–Trinajstić information content (AvgIpc) is 2.62. The van der Waals surface area contributed by atoms with E-state index < -0.39 is 4.92 Å². The maximum Gasteiger partial charge on any atom is 0.347 e. The van der Waals surface area contributed by atoms with Crippen molar-refractivity contribution in [3.63, 3.8) is 0 Å². The van der Waals surface area contributed by atoms with Crippen molar-refractivity contribution in [1.82, 2.24) is 9.97 Å². The molecule has 2 aromatic rings. The van der Waals surface area contributed by atoms with Gasteiger partial charge in [0.2, 0.25) is 0 Å². The first-order chi connectivity index (χ1) is 7.18. The molecule has 76 valence electrons. The number of nitrogens with zero attached hydrogens (tertiary/aromatic N) is 3. The van der Waals surface area contributed by atoms with E-state index in [9.17, 15) is 10.1 Å². The highest BCUT2D eigenvalue weighted by molar-refractivity contribution is 7.18. The van der Waals surface area contributed by atoms with Crippen LogP contribution in [0, 0.1) is 17.0 Å². The fourth-order valence-corrected chi connectivity index (χ4v) is 2.04. The van der Waals surface area contributed by atoms with Crippen molar-refractivity contribution in [2.75, 3.05) is 0 Å².